The summed E-state index contributed by atoms with van der Waals surface area (Å²) in [6.45, 7) is 2.65. The molecule has 7 nitrogen and oxygen atoms in total. The van der Waals surface area contributed by atoms with Crippen molar-refractivity contribution in [2.45, 2.75) is 32.2 Å². The van der Waals surface area contributed by atoms with Gasteiger partial charge in [0.25, 0.3) is 5.91 Å². The molecule has 1 heterocycles. The summed E-state index contributed by atoms with van der Waals surface area (Å²) in [7, 11) is -3.89. The second-order valence-corrected chi connectivity index (χ2v) is 10.9. The zero-order chi connectivity index (χ0) is 26.8. The Balaban J connectivity index is 1.69. The van der Waals surface area contributed by atoms with Crippen LogP contribution in [0, 0.1) is 11.7 Å². The third-order valence-corrected chi connectivity index (χ3v) is 6.62. The third-order valence-electron chi connectivity index (χ3n) is 5.47. The normalized spacial score (nSPS) is 17.1. The molecule has 1 N–H and O–H groups in total. The van der Waals surface area contributed by atoms with Gasteiger partial charge in [-0.1, -0.05) is 30.1 Å². The monoisotopic (exact) mass is 572 g/mol. The first kappa shape index (κ1) is 28.1. The fourth-order valence-electron chi connectivity index (χ4n) is 3.95. The van der Waals surface area contributed by atoms with Crippen LogP contribution in [0.5, 0.6) is 11.5 Å². The molecule has 1 saturated heterocycles. The Labute approximate surface area is 215 Å². The van der Waals surface area contributed by atoms with E-state index in [0.29, 0.717) is 12.2 Å². The van der Waals surface area contributed by atoms with Crippen LogP contribution >= 0.6 is 23.2 Å². The van der Waals surface area contributed by atoms with Gasteiger partial charge in [-0.15, -0.1) is 13.2 Å². The molecule has 2 aromatic rings. The number of nitrogens with one attached hydrogen (secondary N) is 1. The largest absolute Gasteiger partial charge is 0.573 e. The number of rotatable bonds is 8. The predicted octanol–water partition coefficient (Wildman–Crippen LogP) is 5.40. The van der Waals surface area contributed by atoms with E-state index >= 15 is 0 Å². The summed E-state index contributed by atoms with van der Waals surface area (Å²) < 4.78 is 85.7. The van der Waals surface area contributed by atoms with Gasteiger partial charge in [0.05, 0.1) is 28.5 Å². The summed E-state index contributed by atoms with van der Waals surface area (Å²) >= 11 is 12.1. The van der Waals surface area contributed by atoms with E-state index in [1.165, 1.54) is 12.1 Å². The molecule has 2 aromatic carbocycles. The minimum atomic E-state index is -4.86. The van der Waals surface area contributed by atoms with Crippen LogP contribution in [-0.4, -0.2) is 46.1 Å². The molecule has 1 amide bonds. The van der Waals surface area contributed by atoms with Crippen molar-refractivity contribution in [3.8, 4) is 11.5 Å². The van der Waals surface area contributed by atoms with Gasteiger partial charge in [0.1, 0.15) is 17.3 Å². The van der Waals surface area contributed by atoms with Crippen LogP contribution in [0.3, 0.4) is 0 Å². The van der Waals surface area contributed by atoms with Gasteiger partial charge in [0.15, 0.2) is 0 Å². The van der Waals surface area contributed by atoms with E-state index in [0.717, 1.165) is 37.3 Å². The van der Waals surface area contributed by atoms with Crippen molar-refractivity contribution >= 4 is 44.8 Å². The highest BCUT2D eigenvalue weighted by molar-refractivity contribution is 7.89. The van der Waals surface area contributed by atoms with Gasteiger partial charge in [0.2, 0.25) is 10.0 Å². The predicted molar refractivity (Wildman–Crippen MR) is 127 cm³/mol. The van der Waals surface area contributed by atoms with Crippen molar-refractivity contribution in [1.29, 1.82) is 0 Å². The molecule has 1 unspecified atom stereocenters. The molecular weight excluding hydrogens is 551 g/mol. The Morgan fingerprint density at radius 2 is 1.86 bits per heavy atom. The first-order valence-electron chi connectivity index (χ1n) is 10.6. The quantitative estimate of drug-likeness (QED) is 0.426. The van der Waals surface area contributed by atoms with E-state index < -0.39 is 39.4 Å². The Morgan fingerprint density at radius 3 is 2.47 bits per heavy atom. The van der Waals surface area contributed by atoms with E-state index in [-0.39, 0.29) is 34.4 Å². The molecule has 14 heteroatoms. The SMILES string of the molecule is CC(COc1cc(F)c(C(=O)NS(C)(=O)=O)cc1Cl)[C@H]1CCCN1c1ccc(OC(F)(F)F)c(Cl)c1. The topological polar surface area (TPSA) is 84.9 Å². The standard InChI is InChI=1S/C22H22Cl2F4N2O5S/c1-12(11-34-20-10-17(25)14(9-16(20)24)21(31)29-36(2,32)33)18-4-3-7-30(18)13-5-6-19(15(23)8-13)35-22(26,27)28/h5-6,8-10,12,18H,3-4,7,11H2,1-2H3,(H,29,31)/t12?,18-/m1/s1. The van der Waals surface area contributed by atoms with Crippen LogP contribution in [0.1, 0.15) is 30.1 Å². The molecule has 3 rings (SSSR count). The maximum atomic E-state index is 14.4. The average molecular weight is 573 g/mol. The van der Waals surface area contributed by atoms with Crippen molar-refractivity contribution in [3.63, 3.8) is 0 Å². The lowest BCUT2D eigenvalue weighted by Gasteiger charge is -2.31. The smallest absolute Gasteiger partial charge is 0.492 e. The van der Waals surface area contributed by atoms with Crippen LogP contribution in [0.4, 0.5) is 23.2 Å². The highest BCUT2D eigenvalue weighted by Gasteiger charge is 2.33. The van der Waals surface area contributed by atoms with Gasteiger partial charge in [-0.05, 0) is 37.1 Å². The maximum Gasteiger partial charge on any atom is 0.573 e. The van der Waals surface area contributed by atoms with Crippen LogP contribution < -0.4 is 19.1 Å². The lowest BCUT2D eigenvalue weighted by molar-refractivity contribution is -0.274. The van der Waals surface area contributed by atoms with E-state index in [4.69, 9.17) is 27.9 Å². The van der Waals surface area contributed by atoms with E-state index in [1.807, 2.05) is 11.8 Å². The summed E-state index contributed by atoms with van der Waals surface area (Å²) in [6, 6.07) is 5.88. The number of benzene rings is 2. The van der Waals surface area contributed by atoms with Gasteiger partial charge < -0.3 is 14.4 Å². The molecule has 0 radical (unpaired) electrons. The average Bonchev–Trinajstić information content (AvgIpc) is 3.23. The molecule has 1 aliphatic rings. The Bertz CT molecular complexity index is 1240. The van der Waals surface area contributed by atoms with Crippen LogP contribution in [-0.2, 0) is 10.0 Å². The number of hydrogen-bond donors (Lipinski definition) is 1. The molecule has 0 aromatic heterocycles. The number of sulfonamides is 1. The minimum absolute atomic E-state index is 0.0295. The lowest BCUT2D eigenvalue weighted by atomic mass is 10.00. The van der Waals surface area contributed by atoms with Crippen molar-refractivity contribution in [1.82, 2.24) is 4.72 Å². The second-order valence-electron chi connectivity index (χ2n) is 8.32. The van der Waals surface area contributed by atoms with Crippen LogP contribution in [0.15, 0.2) is 30.3 Å². The molecule has 1 fully saturated rings. The highest BCUT2D eigenvalue weighted by atomic mass is 35.5. The number of amides is 1. The Kier molecular flexibility index (Phi) is 8.51. The third kappa shape index (κ3) is 7.30. The molecule has 2 atom stereocenters. The van der Waals surface area contributed by atoms with Crippen molar-refractivity contribution in [2.24, 2.45) is 5.92 Å². The second kappa shape index (κ2) is 10.9. The van der Waals surface area contributed by atoms with E-state index in [9.17, 15) is 30.8 Å². The molecule has 0 spiro atoms. The molecule has 36 heavy (non-hydrogen) atoms. The number of ether oxygens (including phenoxy) is 2. The van der Waals surface area contributed by atoms with Crippen LogP contribution in [0.2, 0.25) is 10.0 Å². The Hall–Kier alpha value is -2.44. The summed E-state index contributed by atoms with van der Waals surface area (Å²) in [4.78, 5) is 14.0. The summed E-state index contributed by atoms with van der Waals surface area (Å²) in [6.07, 6.45) is -2.50. The molecule has 0 bridgehead atoms. The van der Waals surface area contributed by atoms with Gasteiger partial charge in [-0.3, -0.25) is 4.79 Å². The lowest BCUT2D eigenvalue weighted by Crippen LogP contribution is -2.37. The molecule has 0 aliphatic carbocycles. The van der Waals surface area contributed by atoms with Gasteiger partial charge in [-0.25, -0.2) is 17.5 Å². The van der Waals surface area contributed by atoms with E-state index in [2.05, 4.69) is 4.74 Å². The zero-order valence-electron chi connectivity index (χ0n) is 19.0. The van der Waals surface area contributed by atoms with Gasteiger partial charge in [-0.2, -0.15) is 0 Å². The highest BCUT2D eigenvalue weighted by Crippen LogP contribution is 2.37. The Morgan fingerprint density at radius 1 is 1.19 bits per heavy atom. The first-order valence-corrected chi connectivity index (χ1v) is 13.3. The molecule has 198 valence electrons. The number of hydrogen-bond acceptors (Lipinski definition) is 6. The number of carbonyl (C=O) groups is 1. The van der Waals surface area contributed by atoms with Crippen molar-refractivity contribution in [2.75, 3.05) is 24.3 Å². The number of nitrogens with zero attached hydrogens (tertiary/aromatic N) is 1. The van der Waals surface area contributed by atoms with E-state index in [1.54, 1.807) is 4.72 Å². The number of anilines is 1. The zero-order valence-corrected chi connectivity index (χ0v) is 21.4. The van der Waals surface area contributed by atoms with Crippen molar-refractivity contribution in [3.05, 3.63) is 51.8 Å². The molecule has 1 aliphatic heterocycles. The maximum absolute atomic E-state index is 14.4. The van der Waals surface area contributed by atoms with Gasteiger partial charge >= 0.3 is 6.36 Å². The summed E-state index contributed by atoms with van der Waals surface area (Å²) in [5.74, 6) is -2.82. The minimum Gasteiger partial charge on any atom is -0.492 e. The molecular formula is C22H22Cl2F4N2O5S. The first-order chi connectivity index (χ1) is 16.6. The molecule has 0 saturated carbocycles. The number of carbonyl (C=O) groups excluding carboxylic acids is 1. The van der Waals surface area contributed by atoms with Crippen molar-refractivity contribution < 1.29 is 40.2 Å². The fourth-order valence-corrected chi connectivity index (χ4v) is 4.83. The fraction of sp³-hybridized carbons (Fsp3) is 0.409. The summed E-state index contributed by atoms with van der Waals surface area (Å²) in [5, 5.41) is -0.265. The number of halogens is 6. The van der Waals surface area contributed by atoms with Gasteiger partial charge in [0, 0.05) is 30.3 Å². The number of alkyl halides is 3. The van der Waals surface area contributed by atoms with Crippen LogP contribution in [0.25, 0.3) is 0 Å². The summed E-state index contributed by atoms with van der Waals surface area (Å²) in [5.41, 5.74) is 0.0665.